The van der Waals surface area contributed by atoms with E-state index in [1.165, 1.54) is 6.07 Å². The first-order chi connectivity index (χ1) is 8.62. The van der Waals surface area contributed by atoms with Gasteiger partial charge in [0.1, 0.15) is 5.82 Å². The lowest BCUT2D eigenvalue weighted by molar-refractivity contribution is 0.340. The molecule has 0 aliphatic carbocycles. The van der Waals surface area contributed by atoms with Crippen molar-refractivity contribution in [2.45, 2.75) is 46.1 Å². The molecule has 0 heterocycles. The van der Waals surface area contributed by atoms with E-state index >= 15 is 0 Å². The second kappa shape index (κ2) is 7.90. The Morgan fingerprint density at radius 2 is 1.83 bits per heavy atom. The van der Waals surface area contributed by atoms with Gasteiger partial charge in [-0.1, -0.05) is 49.5 Å². The predicted octanol–water partition coefficient (Wildman–Crippen LogP) is 5.07. The molecule has 1 N–H and O–H groups in total. The van der Waals surface area contributed by atoms with Crippen LogP contribution in [0, 0.1) is 11.7 Å². The van der Waals surface area contributed by atoms with Crippen molar-refractivity contribution >= 4 is 15.9 Å². The molecule has 1 aromatic rings. The summed E-state index contributed by atoms with van der Waals surface area (Å²) in [5.41, 5.74) is 1.05. The first-order valence-corrected chi connectivity index (χ1v) is 7.61. The van der Waals surface area contributed by atoms with Gasteiger partial charge in [0.2, 0.25) is 0 Å². The summed E-state index contributed by atoms with van der Waals surface area (Å²) in [6, 6.07) is 5.42. The second-order valence-electron chi connectivity index (χ2n) is 4.71. The van der Waals surface area contributed by atoms with Gasteiger partial charge in [-0.3, -0.25) is 0 Å². The minimum atomic E-state index is -0.173. The first kappa shape index (κ1) is 15.6. The SMILES string of the molecule is CCCNC(c1cc(F)cc(Br)c1)C(CC)CC. The van der Waals surface area contributed by atoms with Crippen LogP contribution in [0.3, 0.4) is 0 Å². The summed E-state index contributed by atoms with van der Waals surface area (Å²) in [6.07, 6.45) is 3.30. The molecule has 1 nitrogen and oxygen atoms in total. The van der Waals surface area contributed by atoms with Crippen LogP contribution >= 0.6 is 15.9 Å². The molecule has 1 aromatic carbocycles. The normalized spacial score (nSPS) is 13.0. The third kappa shape index (κ3) is 4.36. The Kier molecular flexibility index (Phi) is 6.87. The Morgan fingerprint density at radius 1 is 1.17 bits per heavy atom. The average Bonchev–Trinajstić information content (AvgIpc) is 2.33. The van der Waals surface area contributed by atoms with E-state index in [1.807, 2.05) is 6.07 Å². The van der Waals surface area contributed by atoms with Gasteiger partial charge in [-0.05, 0) is 42.6 Å². The zero-order chi connectivity index (χ0) is 13.5. The maximum atomic E-state index is 13.5. The van der Waals surface area contributed by atoms with Crippen LogP contribution in [0.15, 0.2) is 22.7 Å². The lowest BCUT2D eigenvalue weighted by Crippen LogP contribution is -2.28. The predicted molar refractivity (Wildman–Crippen MR) is 79.2 cm³/mol. The summed E-state index contributed by atoms with van der Waals surface area (Å²) in [5.74, 6) is 0.374. The molecule has 0 spiro atoms. The Balaban J connectivity index is 2.99. The minimum absolute atomic E-state index is 0.173. The molecule has 0 aromatic heterocycles. The lowest BCUT2D eigenvalue weighted by Gasteiger charge is -2.27. The molecule has 0 radical (unpaired) electrons. The largest absolute Gasteiger partial charge is 0.310 e. The fourth-order valence-corrected chi connectivity index (χ4v) is 2.85. The zero-order valence-corrected chi connectivity index (χ0v) is 13.1. The van der Waals surface area contributed by atoms with Crippen LogP contribution in [-0.2, 0) is 0 Å². The van der Waals surface area contributed by atoms with Gasteiger partial charge in [0, 0.05) is 10.5 Å². The smallest absolute Gasteiger partial charge is 0.124 e. The monoisotopic (exact) mass is 315 g/mol. The molecule has 3 heteroatoms. The minimum Gasteiger partial charge on any atom is -0.310 e. The van der Waals surface area contributed by atoms with E-state index in [9.17, 15) is 4.39 Å². The number of hydrogen-bond acceptors (Lipinski definition) is 1. The van der Waals surface area contributed by atoms with E-state index in [0.29, 0.717) is 5.92 Å². The Labute approximate surface area is 118 Å². The van der Waals surface area contributed by atoms with E-state index in [-0.39, 0.29) is 11.9 Å². The molecule has 0 saturated carbocycles. The van der Waals surface area contributed by atoms with Crippen molar-refractivity contribution in [3.05, 3.63) is 34.1 Å². The zero-order valence-electron chi connectivity index (χ0n) is 11.5. The van der Waals surface area contributed by atoms with Crippen LogP contribution in [0.5, 0.6) is 0 Å². The van der Waals surface area contributed by atoms with Crippen LogP contribution in [0.2, 0.25) is 0 Å². The second-order valence-corrected chi connectivity index (χ2v) is 5.63. The van der Waals surface area contributed by atoms with Gasteiger partial charge in [0.25, 0.3) is 0 Å². The maximum absolute atomic E-state index is 13.5. The molecule has 1 rings (SSSR count). The molecule has 18 heavy (non-hydrogen) atoms. The summed E-state index contributed by atoms with van der Waals surface area (Å²) in [7, 11) is 0. The van der Waals surface area contributed by atoms with Gasteiger partial charge in [-0.2, -0.15) is 0 Å². The van der Waals surface area contributed by atoms with Crippen molar-refractivity contribution in [1.82, 2.24) is 5.32 Å². The van der Waals surface area contributed by atoms with Crippen LogP contribution in [0.25, 0.3) is 0 Å². The molecule has 0 aliphatic rings. The van der Waals surface area contributed by atoms with Crippen LogP contribution < -0.4 is 5.32 Å². The summed E-state index contributed by atoms with van der Waals surface area (Å²) in [6.45, 7) is 7.51. The quantitative estimate of drug-likeness (QED) is 0.741. The molecule has 1 atom stereocenters. The summed E-state index contributed by atoms with van der Waals surface area (Å²) >= 11 is 3.37. The van der Waals surface area contributed by atoms with Gasteiger partial charge in [-0.15, -0.1) is 0 Å². The third-order valence-corrected chi connectivity index (χ3v) is 3.84. The number of halogens is 2. The number of rotatable bonds is 7. The molecule has 102 valence electrons. The third-order valence-electron chi connectivity index (χ3n) is 3.38. The van der Waals surface area contributed by atoms with Crippen molar-refractivity contribution < 1.29 is 4.39 Å². The molecule has 0 bridgehead atoms. The Morgan fingerprint density at radius 3 is 2.33 bits per heavy atom. The fraction of sp³-hybridized carbons (Fsp3) is 0.600. The Hall–Kier alpha value is -0.410. The van der Waals surface area contributed by atoms with Gasteiger partial charge >= 0.3 is 0 Å². The molecule has 0 fully saturated rings. The van der Waals surface area contributed by atoms with E-state index in [1.54, 1.807) is 6.07 Å². The summed E-state index contributed by atoms with van der Waals surface area (Å²) < 4.78 is 14.3. The van der Waals surface area contributed by atoms with Gasteiger partial charge in [0.05, 0.1) is 0 Å². The molecule has 0 aliphatic heterocycles. The van der Waals surface area contributed by atoms with Crippen LogP contribution in [0.4, 0.5) is 4.39 Å². The molecule has 1 unspecified atom stereocenters. The fourth-order valence-electron chi connectivity index (χ4n) is 2.37. The number of hydrogen-bond donors (Lipinski definition) is 1. The van der Waals surface area contributed by atoms with Crippen LogP contribution in [0.1, 0.15) is 51.6 Å². The van der Waals surface area contributed by atoms with E-state index < -0.39 is 0 Å². The van der Waals surface area contributed by atoms with Crippen molar-refractivity contribution in [2.24, 2.45) is 5.92 Å². The highest BCUT2D eigenvalue weighted by atomic mass is 79.9. The number of nitrogens with one attached hydrogen (secondary N) is 1. The number of benzene rings is 1. The molecule has 0 saturated heterocycles. The lowest BCUT2D eigenvalue weighted by atomic mass is 9.88. The standard InChI is InChI=1S/C15H23BrFN/c1-4-7-18-15(11(5-2)6-3)12-8-13(16)10-14(17)9-12/h8-11,15,18H,4-7H2,1-3H3. The van der Waals surface area contributed by atoms with Crippen molar-refractivity contribution in [2.75, 3.05) is 6.54 Å². The summed E-state index contributed by atoms with van der Waals surface area (Å²) in [5, 5.41) is 3.55. The first-order valence-electron chi connectivity index (χ1n) is 6.81. The van der Waals surface area contributed by atoms with E-state index in [2.05, 4.69) is 42.0 Å². The highest BCUT2D eigenvalue weighted by Gasteiger charge is 2.20. The maximum Gasteiger partial charge on any atom is 0.124 e. The molecular weight excluding hydrogens is 293 g/mol. The highest BCUT2D eigenvalue weighted by molar-refractivity contribution is 9.10. The van der Waals surface area contributed by atoms with E-state index in [0.717, 1.165) is 35.8 Å². The average molecular weight is 316 g/mol. The molecule has 0 amide bonds. The van der Waals surface area contributed by atoms with Crippen molar-refractivity contribution in [3.8, 4) is 0 Å². The van der Waals surface area contributed by atoms with E-state index in [4.69, 9.17) is 0 Å². The highest BCUT2D eigenvalue weighted by Crippen LogP contribution is 2.29. The topological polar surface area (TPSA) is 12.0 Å². The Bertz CT molecular complexity index is 343. The van der Waals surface area contributed by atoms with Gasteiger partial charge in [-0.25, -0.2) is 4.39 Å². The van der Waals surface area contributed by atoms with Gasteiger partial charge in [0.15, 0.2) is 0 Å². The summed E-state index contributed by atoms with van der Waals surface area (Å²) in [4.78, 5) is 0. The van der Waals surface area contributed by atoms with Crippen LogP contribution in [-0.4, -0.2) is 6.54 Å². The van der Waals surface area contributed by atoms with Crippen molar-refractivity contribution in [3.63, 3.8) is 0 Å². The van der Waals surface area contributed by atoms with Crippen molar-refractivity contribution in [1.29, 1.82) is 0 Å². The van der Waals surface area contributed by atoms with Gasteiger partial charge < -0.3 is 5.32 Å². The molecular formula is C15H23BrFN.